The molecule has 3 unspecified atom stereocenters. The second kappa shape index (κ2) is 5.11. The number of piperidine rings is 1. The Labute approximate surface area is 120 Å². The first-order valence-corrected chi connectivity index (χ1v) is 7.17. The number of fused-ring (bicyclic) bond motifs is 2. The lowest BCUT2D eigenvalue weighted by Gasteiger charge is -2.31. The van der Waals surface area contributed by atoms with Gasteiger partial charge in [0.25, 0.3) is 0 Å². The quantitative estimate of drug-likeness (QED) is 0.892. The van der Waals surface area contributed by atoms with Crippen LogP contribution in [0.4, 0.5) is 18.9 Å². The van der Waals surface area contributed by atoms with E-state index in [2.05, 4.69) is 10.2 Å². The van der Waals surface area contributed by atoms with E-state index in [0.29, 0.717) is 11.6 Å². The molecule has 20 heavy (non-hydrogen) atoms. The van der Waals surface area contributed by atoms with E-state index >= 15 is 0 Å². The molecule has 0 saturated carbocycles. The van der Waals surface area contributed by atoms with Gasteiger partial charge in [0.1, 0.15) is 0 Å². The molecular formula is C14H16ClF3N2. The second-order valence-electron chi connectivity index (χ2n) is 5.58. The topological polar surface area (TPSA) is 15.3 Å². The monoisotopic (exact) mass is 304 g/mol. The van der Waals surface area contributed by atoms with Crippen LogP contribution in [-0.2, 0) is 6.18 Å². The fraction of sp³-hybridized carbons (Fsp3) is 0.571. The van der Waals surface area contributed by atoms with Crippen molar-refractivity contribution in [3.63, 3.8) is 0 Å². The molecule has 110 valence electrons. The molecule has 1 N–H and O–H groups in total. The maximum Gasteiger partial charge on any atom is 0.417 e. The predicted molar refractivity (Wildman–Crippen MR) is 73.0 cm³/mol. The zero-order valence-electron chi connectivity index (χ0n) is 10.9. The van der Waals surface area contributed by atoms with E-state index < -0.39 is 11.7 Å². The highest BCUT2D eigenvalue weighted by Crippen LogP contribution is 2.37. The molecule has 2 bridgehead atoms. The van der Waals surface area contributed by atoms with Gasteiger partial charge in [-0.25, -0.2) is 0 Å². The summed E-state index contributed by atoms with van der Waals surface area (Å²) in [5, 5.41) is 3.01. The number of rotatable bonds is 2. The van der Waals surface area contributed by atoms with E-state index in [1.807, 2.05) is 0 Å². The Morgan fingerprint density at radius 3 is 2.70 bits per heavy atom. The summed E-state index contributed by atoms with van der Waals surface area (Å²) in [7, 11) is 0. The van der Waals surface area contributed by atoms with Crippen molar-refractivity contribution in [3.8, 4) is 0 Å². The number of benzene rings is 1. The first kappa shape index (κ1) is 14.0. The van der Waals surface area contributed by atoms with E-state index in [1.165, 1.54) is 6.07 Å². The number of hydrogen-bond acceptors (Lipinski definition) is 2. The van der Waals surface area contributed by atoms with Crippen LogP contribution < -0.4 is 5.32 Å². The van der Waals surface area contributed by atoms with E-state index in [9.17, 15) is 13.2 Å². The lowest BCUT2D eigenvalue weighted by atomic mass is 9.94. The zero-order chi connectivity index (χ0) is 14.3. The number of hydrogen-bond donors (Lipinski definition) is 1. The smallest absolute Gasteiger partial charge is 0.382 e. The van der Waals surface area contributed by atoms with Gasteiger partial charge in [0.05, 0.1) is 10.6 Å². The highest BCUT2D eigenvalue weighted by atomic mass is 35.5. The Kier molecular flexibility index (Phi) is 3.58. The van der Waals surface area contributed by atoms with Crippen LogP contribution in [0.3, 0.4) is 0 Å². The third kappa shape index (κ3) is 2.74. The predicted octanol–water partition coefficient (Wildman–Crippen LogP) is 3.86. The average Bonchev–Trinajstić information content (AvgIpc) is 2.77. The molecule has 0 aliphatic carbocycles. The van der Waals surface area contributed by atoms with Crippen molar-refractivity contribution in [2.75, 3.05) is 25.0 Å². The van der Waals surface area contributed by atoms with Gasteiger partial charge in [-0.2, -0.15) is 13.2 Å². The Bertz CT molecular complexity index is 504. The molecule has 0 amide bonds. The van der Waals surface area contributed by atoms with Crippen molar-refractivity contribution in [1.29, 1.82) is 0 Å². The summed E-state index contributed by atoms with van der Waals surface area (Å²) < 4.78 is 38.5. The molecule has 2 heterocycles. The molecule has 2 fully saturated rings. The number of halogens is 4. The number of nitrogens with one attached hydrogen (secondary N) is 1. The van der Waals surface area contributed by atoms with Gasteiger partial charge in [0, 0.05) is 24.8 Å². The summed E-state index contributed by atoms with van der Waals surface area (Å²) >= 11 is 5.63. The van der Waals surface area contributed by atoms with Crippen molar-refractivity contribution in [1.82, 2.24) is 4.90 Å². The number of alkyl halides is 3. The minimum Gasteiger partial charge on any atom is -0.382 e. The molecule has 1 aromatic rings. The molecule has 0 aromatic heterocycles. The van der Waals surface area contributed by atoms with Gasteiger partial charge >= 0.3 is 6.18 Å². The van der Waals surface area contributed by atoms with Gasteiger partial charge in [-0.3, -0.25) is 0 Å². The van der Waals surface area contributed by atoms with Crippen LogP contribution in [0.1, 0.15) is 18.4 Å². The van der Waals surface area contributed by atoms with Gasteiger partial charge in [-0.15, -0.1) is 0 Å². The van der Waals surface area contributed by atoms with Crippen LogP contribution in [-0.4, -0.2) is 30.6 Å². The number of anilines is 1. The Balaban J connectivity index is 1.77. The van der Waals surface area contributed by atoms with E-state index in [1.54, 1.807) is 6.07 Å². The molecule has 2 aliphatic rings. The van der Waals surface area contributed by atoms with E-state index in [4.69, 9.17) is 11.6 Å². The summed E-state index contributed by atoms with van der Waals surface area (Å²) in [4.78, 5) is 2.41. The van der Waals surface area contributed by atoms with Crippen LogP contribution in [0, 0.1) is 5.92 Å². The summed E-state index contributed by atoms with van der Waals surface area (Å²) in [5.74, 6) is 0.536. The van der Waals surface area contributed by atoms with Gasteiger partial charge in [-0.1, -0.05) is 11.6 Å². The second-order valence-corrected chi connectivity index (χ2v) is 5.99. The molecule has 2 aliphatic heterocycles. The highest BCUT2D eigenvalue weighted by molar-refractivity contribution is 6.31. The fourth-order valence-corrected chi connectivity index (χ4v) is 3.41. The van der Waals surface area contributed by atoms with Crippen molar-refractivity contribution in [2.45, 2.75) is 25.1 Å². The molecule has 1 aromatic carbocycles. The van der Waals surface area contributed by atoms with Crippen molar-refractivity contribution in [2.24, 2.45) is 5.92 Å². The van der Waals surface area contributed by atoms with Crippen LogP contribution in [0.15, 0.2) is 18.2 Å². The van der Waals surface area contributed by atoms with Crippen molar-refractivity contribution < 1.29 is 13.2 Å². The van der Waals surface area contributed by atoms with Crippen LogP contribution >= 0.6 is 11.6 Å². The van der Waals surface area contributed by atoms with Crippen LogP contribution in [0.25, 0.3) is 0 Å². The molecule has 3 atom stereocenters. The van der Waals surface area contributed by atoms with Gasteiger partial charge in [-0.05, 0) is 43.5 Å². The van der Waals surface area contributed by atoms with Gasteiger partial charge < -0.3 is 10.2 Å². The Morgan fingerprint density at radius 2 is 1.95 bits per heavy atom. The van der Waals surface area contributed by atoms with Gasteiger partial charge in [0.15, 0.2) is 0 Å². The summed E-state index contributed by atoms with van der Waals surface area (Å²) in [6, 6.07) is 4.31. The van der Waals surface area contributed by atoms with Crippen molar-refractivity contribution in [3.05, 3.63) is 28.8 Å². The molecule has 2 saturated heterocycles. The summed E-state index contributed by atoms with van der Waals surface area (Å²) in [6.07, 6.45) is -2.31. The van der Waals surface area contributed by atoms with Gasteiger partial charge in [0.2, 0.25) is 0 Å². The Morgan fingerprint density at radius 1 is 1.20 bits per heavy atom. The standard InChI is InChI=1S/C14H16ClF3N2/c15-12-2-1-10(7-11(12)14(16,17)18)19-13-4-6-20-5-3-9(13)8-20/h1-2,7,9,13,19H,3-6,8H2. The maximum absolute atomic E-state index is 12.8. The molecular weight excluding hydrogens is 289 g/mol. The molecule has 2 nitrogen and oxygen atoms in total. The minimum atomic E-state index is -4.41. The first-order chi connectivity index (χ1) is 9.43. The summed E-state index contributed by atoms with van der Waals surface area (Å²) in [5.41, 5.74) is -0.264. The van der Waals surface area contributed by atoms with E-state index in [-0.39, 0.29) is 11.1 Å². The van der Waals surface area contributed by atoms with Crippen LogP contribution in [0.2, 0.25) is 5.02 Å². The highest BCUT2D eigenvalue weighted by Gasteiger charge is 2.36. The third-order valence-corrected chi connectivity index (χ3v) is 4.59. The Hall–Kier alpha value is -0.940. The lowest BCUT2D eigenvalue weighted by molar-refractivity contribution is -0.137. The fourth-order valence-electron chi connectivity index (χ4n) is 3.19. The largest absolute Gasteiger partial charge is 0.417 e. The van der Waals surface area contributed by atoms with Crippen molar-refractivity contribution >= 4 is 17.3 Å². The lowest BCUT2D eigenvalue weighted by Crippen LogP contribution is -2.39. The molecule has 6 heteroatoms. The minimum absolute atomic E-state index is 0.251. The molecule has 3 rings (SSSR count). The number of nitrogens with zero attached hydrogens (tertiary/aromatic N) is 1. The average molecular weight is 305 g/mol. The SMILES string of the molecule is FC(F)(F)c1cc(NC2CCN3CCC2C3)ccc1Cl. The third-order valence-electron chi connectivity index (χ3n) is 4.26. The molecule has 0 radical (unpaired) electrons. The van der Waals surface area contributed by atoms with Crippen LogP contribution in [0.5, 0.6) is 0 Å². The molecule has 0 spiro atoms. The maximum atomic E-state index is 12.8. The normalized spacial score (nSPS) is 29.5. The van der Waals surface area contributed by atoms with E-state index in [0.717, 1.165) is 38.5 Å². The first-order valence-electron chi connectivity index (χ1n) is 6.79. The summed E-state index contributed by atoms with van der Waals surface area (Å²) in [6.45, 7) is 3.18. The zero-order valence-corrected chi connectivity index (χ0v) is 11.6.